The van der Waals surface area contributed by atoms with E-state index >= 15 is 0 Å². The molecule has 3 N–H and O–H groups in total. The second kappa shape index (κ2) is 8.68. The summed E-state index contributed by atoms with van der Waals surface area (Å²) in [6.45, 7) is 4.78. The molecule has 0 bridgehead atoms. The molecule has 1 atom stereocenters. The number of amides is 2. The number of carbonyl (C=O) groups excluding carboxylic acids is 1. The summed E-state index contributed by atoms with van der Waals surface area (Å²) >= 11 is 0. The Labute approximate surface area is 155 Å². The van der Waals surface area contributed by atoms with Gasteiger partial charge in [-0.05, 0) is 31.7 Å². The molecule has 0 radical (unpaired) electrons. The van der Waals surface area contributed by atoms with Gasteiger partial charge in [0.2, 0.25) is 0 Å². The lowest BCUT2D eigenvalue weighted by molar-refractivity contribution is 0.103. The third-order valence-electron chi connectivity index (χ3n) is 5.63. The van der Waals surface area contributed by atoms with Crippen LogP contribution in [0.4, 0.5) is 16.2 Å². The molecule has 1 aliphatic heterocycles. The number of anilines is 2. The molecule has 7 heteroatoms. The van der Waals surface area contributed by atoms with Crippen molar-refractivity contribution in [2.45, 2.75) is 44.6 Å². The predicted octanol–water partition coefficient (Wildman–Crippen LogP) is 2.37. The van der Waals surface area contributed by atoms with Crippen molar-refractivity contribution in [3.05, 3.63) is 18.5 Å². The van der Waals surface area contributed by atoms with E-state index < -0.39 is 5.54 Å². The summed E-state index contributed by atoms with van der Waals surface area (Å²) in [7, 11) is 0. The number of aliphatic hydroxyl groups is 1. The third kappa shape index (κ3) is 4.45. The molecule has 2 fully saturated rings. The number of hydrogen-bond acceptors (Lipinski definition) is 5. The molecule has 2 aliphatic rings. The Morgan fingerprint density at radius 2 is 2.08 bits per heavy atom. The zero-order chi connectivity index (χ0) is 18.4. The van der Waals surface area contributed by atoms with E-state index in [1.807, 2.05) is 6.92 Å². The summed E-state index contributed by atoms with van der Waals surface area (Å²) in [5.74, 6) is 0.308. The maximum absolute atomic E-state index is 12.7. The van der Waals surface area contributed by atoms with E-state index in [1.165, 1.54) is 6.42 Å². The van der Waals surface area contributed by atoms with Crippen LogP contribution < -0.4 is 15.5 Å². The Bertz CT molecular complexity index is 600. The highest BCUT2D eigenvalue weighted by Gasteiger charge is 2.36. The number of nitrogens with one attached hydrogen (secondary N) is 2. The van der Waals surface area contributed by atoms with Crippen molar-refractivity contribution in [1.29, 1.82) is 0 Å². The Morgan fingerprint density at radius 3 is 2.77 bits per heavy atom. The largest absolute Gasteiger partial charge is 0.394 e. The van der Waals surface area contributed by atoms with Crippen molar-refractivity contribution in [3.8, 4) is 0 Å². The lowest BCUT2D eigenvalue weighted by atomic mass is 9.76. The van der Waals surface area contributed by atoms with Gasteiger partial charge in [0.05, 0.1) is 42.9 Å². The number of aromatic nitrogens is 1. The highest BCUT2D eigenvalue weighted by Crippen LogP contribution is 2.33. The molecule has 2 amide bonds. The number of rotatable bonds is 5. The van der Waals surface area contributed by atoms with E-state index in [2.05, 4.69) is 20.5 Å². The zero-order valence-corrected chi connectivity index (χ0v) is 15.5. The molecular formula is C19H30N4O3. The number of pyridine rings is 1. The van der Waals surface area contributed by atoms with Crippen LogP contribution in [0.15, 0.2) is 18.5 Å². The van der Waals surface area contributed by atoms with Crippen molar-refractivity contribution < 1.29 is 14.6 Å². The lowest BCUT2D eigenvalue weighted by Crippen LogP contribution is -2.56. The monoisotopic (exact) mass is 362 g/mol. The number of ether oxygens (including phenoxy) is 1. The van der Waals surface area contributed by atoms with Crippen LogP contribution in [0, 0.1) is 5.92 Å². The first-order chi connectivity index (χ1) is 12.6. The number of morpholine rings is 1. The first-order valence-electron chi connectivity index (χ1n) is 9.59. The Hall–Kier alpha value is -1.86. The molecule has 1 aromatic rings. The minimum absolute atomic E-state index is 0.0578. The molecule has 7 nitrogen and oxygen atoms in total. The molecule has 2 heterocycles. The van der Waals surface area contributed by atoms with Crippen molar-refractivity contribution in [1.82, 2.24) is 10.3 Å². The van der Waals surface area contributed by atoms with Gasteiger partial charge in [0.15, 0.2) is 0 Å². The van der Waals surface area contributed by atoms with Crippen LogP contribution in [0.5, 0.6) is 0 Å². The van der Waals surface area contributed by atoms with Crippen LogP contribution in [0.3, 0.4) is 0 Å². The van der Waals surface area contributed by atoms with Gasteiger partial charge < -0.3 is 25.4 Å². The third-order valence-corrected chi connectivity index (χ3v) is 5.63. The van der Waals surface area contributed by atoms with Gasteiger partial charge in [0.25, 0.3) is 0 Å². The maximum atomic E-state index is 12.7. The average molecular weight is 362 g/mol. The summed E-state index contributed by atoms with van der Waals surface area (Å²) in [5.41, 5.74) is 1.02. The standard InChI is InChI=1S/C19H30N4O3/c1-19(14-24,15-5-3-2-4-6-15)22-18(25)21-16-7-8-20-13-17(16)23-9-11-26-12-10-23/h7-8,13,15,24H,2-6,9-12,14H2,1H3,(H2,20,21,22,25)/t19-/m0/s1. The van der Waals surface area contributed by atoms with Crippen LogP contribution in [0.2, 0.25) is 0 Å². The number of urea groups is 1. The van der Waals surface area contributed by atoms with E-state index in [1.54, 1.807) is 18.5 Å². The van der Waals surface area contributed by atoms with Crippen LogP contribution in [-0.2, 0) is 4.74 Å². The Kier molecular flexibility index (Phi) is 6.32. The lowest BCUT2D eigenvalue weighted by Gasteiger charge is -2.39. The van der Waals surface area contributed by atoms with Gasteiger partial charge in [-0.25, -0.2) is 4.79 Å². The number of hydrogen-bond donors (Lipinski definition) is 3. The SMILES string of the molecule is C[C@@](CO)(NC(=O)Nc1ccncc1N1CCOCC1)C1CCCCC1. The molecule has 1 aliphatic carbocycles. The molecule has 1 saturated carbocycles. The quantitative estimate of drug-likeness (QED) is 0.749. The smallest absolute Gasteiger partial charge is 0.319 e. The van der Waals surface area contributed by atoms with E-state index in [4.69, 9.17) is 4.74 Å². The number of carbonyl (C=O) groups is 1. The Morgan fingerprint density at radius 1 is 1.35 bits per heavy atom. The van der Waals surface area contributed by atoms with Crippen LogP contribution in [-0.4, -0.2) is 54.6 Å². The Balaban J connectivity index is 1.67. The first kappa shape index (κ1) is 18.9. The van der Waals surface area contributed by atoms with Gasteiger partial charge in [-0.1, -0.05) is 19.3 Å². The molecule has 26 heavy (non-hydrogen) atoms. The molecule has 0 spiro atoms. The minimum atomic E-state index is -0.601. The van der Waals surface area contributed by atoms with E-state index in [0.717, 1.165) is 50.1 Å². The van der Waals surface area contributed by atoms with Gasteiger partial charge in [0.1, 0.15) is 0 Å². The molecule has 0 unspecified atom stereocenters. The molecule has 1 saturated heterocycles. The summed E-state index contributed by atoms with van der Waals surface area (Å²) < 4.78 is 5.40. The van der Waals surface area contributed by atoms with Crippen molar-refractivity contribution >= 4 is 17.4 Å². The summed E-state index contributed by atoms with van der Waals surface area (Å²) in [4.78, 5) is 19.0. The topological polar surface area (TPSA) is 86.7 Å². The first-order valence-corrected chi connectivity index (χ1v) is 9.59. The maximum Gasteiger partial charge on any atom is 0.319 e. The van der Waals surface area contributed by atoms with Gasteiger partial charge in [-0.3, -0.25) is 4.98 Å². The summed E-state index contributed by atoms with van der Waals surface area (Å²) in [6, 6.07) is 1.52. The molecule has 0 aromatic carbocycles. The minimum Gasteiger partial charge on any atom is -0.394 e. The van der Waals surface area contributed by atoms with Crippen LogP contribution in [0.25, 0.3) is 0 Å². The second-order valence-electron chi connectivity index (χ2n) is 7.48. The molecule has 3 rings (SSSR count). The van der Waals surface area contributed by atoms with Crippen molar-refractivity contribution in [2.75, 3.05) is 43.1 Å². The normalized spacial score (nSPS) is 21.1. The highest BCUT2D eigenvalue weighted by molar-refractivity contribution is 5.93. The van der Waals surface area contributed by atoms with Gasteiger partial charge in [-0.15, -0.1) is 0 Å². The van der Waals surface area contributed by atoms with Gasteiger partial charge in [-0.2, -0.15) is 0 Å². The van der Waals surface area contributed by atoms with Crippen molar-refractivity contribution in [3.63, 3.8) is 0 Å². The van der Waals surface area contributed by atoms with Gasteiger partial charge in [0, 0.05) is 19.3 Å². The average Bonchev–Trinajstić information content (AvgIpc) is 2.69. The molecular weight excluding hydrogens is 332 g/mol. The fraction of sp³-hybridized carbons (Fsp3) is 0.684. The molecule has 1 aromatic heterocycles. The van der Waals surface area contributed by atoms with E-state index in [-0.39, 0.29) is 12.6 Å². The number of nitrogens with zero attached hydrogens (tertiary/aromatic N) is 2. The fourth-order valence-electron chi connectivity index (χ4n) is 3.97. The van der Waals surface area contributed by atoms with E-state index in [9.17, 15) is 9.90 Å². The second-order valence-corrected chi connectivity index (χ2v) is 7.48. The van der Waals surface area contributed by atoms with Crippen LogP contribution in [0.1, 0.15) is 39.0 Å². The van der Waals surface area contributed by atoms with Gasteiger partial charge >= 0.3 is 6.03 Å². The van der Waals surface area contributed by atoms with E-state index in [0.29, 0.717) is 19.1 Å². The zero-order valence-electron chi connectivity index (χ0n) is 15.5. The summed E-state index contributed by atoms with van der Waals surface area (Å²) in [6.07, 6.45) is 9.10. The fourth-order valence-corrected chi connectivity index (χ4v) is 3.97. The summed E-state index contributed by atoms with van der Waals surface area (Å²) in [5, 5.41) is 15.9. The predicted molar refractivity (Wildman–Crippen MR) is 101 cm³/mol. The van der Waals surface area contributed by atoms with Crippen LogP contribution >= 0.6 is 0 Å². The molecule has 144 valence electrons. The highest BCUT2D eigenvalue weighted by atomic mass is 16.5. The van der Waals surface area contributed by atoms with Crippen molar-refractivity contribution in [2.24, 2.45) is 5.92 Å². The number of aliphatic hydroxyl groups excluding tert-OH is 1.